The zero-order valence-corrected chi connectivity index (χ0v) is 23.0. The molecule has 0 radical (unpaired) electrons. The predicted molar refractivity (Wildman–Crippen MR) is 144 cm³/mol. The van der Waals surface area contributed by atoms with Gasteiger partial charge in [-0.15, -0.1) is 0 Å². The van der Waals surface area contributed by atoms with Crippen LogP contribution in [-0.4, -0.2) is 50.0 Å². The van der Waals surface area contributed by atoms with Crippen molar-refractivity contribution in [2.24, 2.45) is 0 Å². The van der Waals surface area contributed by atoms with Gasteiger partial charge in [0.15, 0.2) is 0 Å². The third-order valence-electron chi connectivity index (χ3n) is 7.13. The van der Waals surface area contributed by atoms with Gasteiger partial charge in [0.05, 0.1) is 11.9 Å². The molecule has 1 aliphatic rings. The van der Waals surface area contributed by atoms with E-state index in [1.165, 1.54) is 17.0 Å². The monoisotopic (exact) mass is 531 g/mol. The van der Waals surface area contributed by atoms with E-state index in [2.05, 4.69) is 5.32 Å². The summed E-state index contributed by atoms with van der Waals surface area (Å²) in [5.74, 6) is -1.15. The Morgan fingerprint density at radius 2 is 1.70 bits per heavy atom. The molecule has 2 aromatic rings. The van der Waals surface area contributed by atoms with Crippen LogP contribution in [-0.2, 0) is 26.2 Å². The number of hydrogen-bond donors (Lipinski definition) is 1. The molecule has 3 rings (SSSR count). The van der Waals surface area contributed by atoms with Gasteiger partial charge in [-0.2, -0.15) is 0 Å². The van der Waals surface area contributed by atoms with Gasteiger partial charge in [0.2, 0.25) is 21.8 Å². The van der Waals surface area contributed by atoms with Crippen LogP contribution in [0.1, 0.15) is 62.1 Å². The average Bonchev–Trinajstić information content (AvgIpc) is 2.85. The van der Waals surface area contributed by atoms with Crippen molar-refractivity contribution in [2.75, 3.05) is 17.1 Å². The van der Waals surface area contributed by atoms with Crippen LogP contribution in [0.3, 0.4) is 0 Å². The van der Waals surface area contributed by atoms with Gasteiger partial charge in [-0.3, -0.25) is 13.9 Å². The Balaban J connectivity index is 1.93. The van der Waals surface area contributed by atoms with Crippen molar-refractivity contribution in [1.82, 2.24) is 10.2 Å². The fraction of sp³-hybridized carbons (Fsp3) is 0.500. The molecular weight excluding hydrogens is 493 g/mol. The van der Waals surface area contributed by atoms with E-state index in [0.717, 1.165) is 53.8 Å². The molecule has 1 aliphatic carbocycles. The third-order valence-corrected chi connectivity index (χ3v) is 8.25. The summed E-state index contributed by atoms with van der Waals surface area (Å²) < 4.78 is 40.3. The smallest absolute Gasteiger partial charge is 0.244 e. The van der Waals surface area contributed by atoms with Gasteiger partial charge in [-0.05, 0) is 68.0 Å². The maximum absolute atomic E-state index is 13.8. The van der Waals surface area contributed by atoms with Crippen molar-refractivity contribution in [3.8, 4) is 0 Å². The van der Waals surface area contributed by atoms with Crippen LogP contribution in [0.15, 0.2) is 42.5 Å². The number of amides is 2. The second kappa shape index (κ2) is 12.5. The highest BCUT2D eigenvalue weighted by molar-refractivity contribution is 7.92. The van der Waals surface area contributed by atoms with E-state index in [0.29, 0.717) is 17.7 Å². The lowest BCUT2D eigenvalue weighted by molar-refractivity contribution is -0.140. The van der Waals surface area contributed by atoms with Gasteiger partial charge in [-0.1, -0.05) is 50.5 Å². The number of anilines is 1. The molecule has 0 bridgehead atoms. The molecule has 1 saturated carbocycles. The molecule has 1 fully saturated rings. The molecular formula is C28H38FN3O4S. The lowest BCUT2D eigenvalue weighted by Crippen LogP contribution is -2.54. The lowest BCUT2D eigenvalue weighted by atomic mass is 9.95. The molecule has 2 aromatic carbocycles. The van der Waals surface area contributed by atoms with E-state index < -0.39 is 34.3 Å². The van der Waals surface area contributed by atoms with Gasteiger partial charge >= 0.3 is 0 Å². The zero-order valence-electron chi connectivity index (χ0n) is 22.2. The summed E-state index contributed by atoms with van der Waals surface area (Å²) in [5, 5.41) is 3.11. The summed E-state index contributed by atoms with van der Waals surface area (Å²) in [6.07, 6.45) is 6.50. The van der Waals surface area contributed by atoms with Gasteiger partial charge in [0.1, 0.15) is 18.4 Å². The molecule has 1 atom stereocenters. The molecule has 7 nitrogen and oxygen atoms in total. The van der Waals surface area contributed by atoms with Crippen LogP contribution >= 0.6 is 0 Å². The maximum atomic E-state index is 13.8. The first-order valence-corrected chi connectivity index (χ1v) is 14.7. The molecule has 0 aromatic heterocycles. The Bertz CT molecular complexity index is 1190. The number of nitrogens with one attached hydrogen (secondary N) is 1. The van der Waals surface area contributed by atoms with Gasteiger partial charge in [0, 0.05) is 12.6 Å². The summed E-state index contributed by atoms with van der Waals surface area (Å²) in [4.78, 5) is 28.6. The number of carbonyl (C=O) groups excluding carboxylic acids is 2. The van der Waals surface area contributed by atoms with Crippen LogP contribution in [0.5, 0.6) is 0 Å². The van der Waals surface area contributed by atoms with E-state index in [9.17, 15) is 22.4 Å². The second-order valence-electron chi connectivity index (χ2n) is 9.90. The third kappa shape index (κ3) is 7.53. The fourth-order valence-electron chi connectivity index (χ4n) is 4.85. The van der Waals surface area contributed by atoms with Crippen LogP contribution in [0.2, 0.25) is 0 Å². The van der Waals surface area contributed by atoms with Crippen LogP contribution in [0.25, 0.3) is 0 Å². The molecule has 0 spiro atoms. The average molecular weight is 532 g/mol. The van der Waals surface area contributed by atoms with Crippen LogP contribution in [0, 0.1) is 19.7 Å². The Kier molecular flexibility index (Phi) is 9.70. The van der Waals surface area contributed by atoms with E-state index >= 15 is 0 Å². The topological polar surface area (TPSA) is 86.8 Å². The minimum Gasteiger partial charge on any atom is -0.352 e. The predicted octanol–water partition coefficient (Wildman–Crippen LogP) is 4.46. The van der Waals surface area contributed by atoms with Crippen LogP contribution < -0.4 is 9.62 Å². The maximum Gasteiger partial charge on any atom is 0.244 e. The van der Waals surface area contributed by atoms with Gasteiger partial charge < -0.3 is 10.2 Å². The van der Waals surface area contributed by atoms with Crippen molar-refractivity contribution in [1.29, 1.82) is 0 Å². The quantitative estimate of drug-likeness (QED) is 0.490. The molecule has 0 aliphatic heterocycles. The minimum absolute atomic E-state index is 0.0557. The van der Waals surface area contributed by atoms with E-state index in [1.807, 2.05) is 26.8 Å². The minimum atomic E-state index is -3.80. The van der Waals surface area contributed by atoms with Crippen molar-refractivity contribution in [3.63, 3.8) is 0 Å². The highest BCUT2D eigenvalue weighted by Crippen LogP contribution is 2.26. The number of carbonyl (C=O) groups is 2. The number of rotatable bonds is 10. The summed E-state index contributed by atoms with van der Waals surface area (Å²) in [6, 6.07) is 10.3. The first-order valence-electron chi connectivity index (χ1n) is 12.9. The molecule has 37 heavy (non-hydrogen) atoms. The van der Waals surface area contributed by atoms with E-state index in [4.69, 9.17) is 0 Å². The summed E-state index contributed by atoms with van der Waals surface area (Å²) in [7, 11) is -3.80. The van der Waals surface area contributed by atoms with E-state index in [-0.39, 0.29) is 18.5 Å². The van der Waals surface area contributed by atoms with E-state index in [1.54, 1.807) is 24.3 Å². The second-order valence-corrected chi connectivity index (χ2v) is 11.8. The van der Waals surface area contributed by atoms with Crippen molar-refractivity contribution in [2.45, 2.75) is 77.9 Å². The Morgan fingerprint density at radius 3 is 2.30 bits per heavy atom. The lowest BCUT2D eigenvalue weighted by Gasteiger charge is -2.34. The number of sulfonamides is 1. The van der Waals surface area contributed by atoms with Crippen LogP contribution in [0.4, 0.5) is 10.1 Å². The normalized spacial score (nSPS) is 15.2. The molecule has 9 heteroatoms. The van der Waals surface area contributed by atoms with Crippen molar-refractivity contribution < 1.29 is 22.4 Å². The summed E-state index contributed by atoms with van der Waals surface area (Å²) >= 11 is 0. The standard InChI is InChI=1S/C28H38FN3O4S/c1-5-25(28(34)30-24-11-7-6-8-12-24)31(18-22-14-16-23(29)17-15-22)27(33)19-32(37(4,35)36)26-13-9-10-20(2)21(26)3/h9-10,13-17,24-25H,5-8,11-12,18-19H2,1-4H3,(H,30,34)/t25-/m0/s1. The number of benzene rings is 2. The molecule has 1 N–H and O–H groups in total. The highest BCUT2D eigenvalue weighted by atomic mass is 32.2. The van der Waals surface area contributed by atoms with Crippen molar-refractivity contribution in [3.05, 3.63) is 65.0 Å². The molecule has 2 amide bonds. The number of aryl methyl sites for hydroxylation is 1. The first-order chi connectivity index (χ1) is 17.5. The Morgan fingerprint density at radius 1 is 1.05 bits per heavy atom. The Labute approximate surface area is 220 Å². The van der Waals surface area contributed by atoms with Gasteiger partial charge in [-0.25, -0.2) is 12.8 Å². The molecule has 0 unspecified atom stereocenters. The largest absolute Gasteiger partial charge is 0.352 e. The zero-order chi connectivity index (χ0) is 27.2. The fourth-order valence-corrected chi connectivity index (χ4v) is 5.75. The first kappa shape index (κ1) is 28.6. The Hall–Kier alpha value is -2.94. The molecule has 0 saturated heterocycles. The van der Waals surface area contributed by atoms with Gasteiger partial charge in [0.25, 0.3) is 0 Å². The SMILES string of the molecule is CC[C@@H](C(=O)NC1CCCCC1)N(Cc1ccc(F)cc1)C(=O)CN(c1cccc(C)c1C)S(C)(=O)=O. The molecule has 0 heterocycles. The highest BCUT2D eigenvalue weighted by Gasteiger charge is 2.33. The molecule has 202 valence electrons. The summed E-state index contributed by atoms with van der Waals surface area (Å²) in [6.45, 7) is 5.13. The number of halogens is 1. The summed E-state index contributed by atoms with van der Waals surface area (Å²) in [5.41, 5.74) is 2.74. The number of hydrogen-bond acceptors (Lipinski definition) is 4. The number of nitrogens with zero attached hydrogens (tertiary/aromatic N) is 2. The van der Waals surface area contributed by atoms with Crippen molar-refractivity contribution >= 4 is 27.5 Å².